The SMILES string of the molecule is N#Cc1ccc(CCC(CNc2cccc(C(=O)O)c2)C2(O)CCNCC2)cc1. The third kappa shape index (κ3) is 5.57. The third-order valence-corrected chi connectivity index (χ3v) is 5.76. The van der Waals surface area contributed by atoms with Crippen molar-refractivity contribution in [3.05, 3.63) is 65.2 Å². The van der Waals surface area contributed by atoms with Gasteiger partial charge in [0.2, 0.25) is 0 Å². The lowest BCUT2D eigenvalue weighted by atomic mass is 9.77. The van der Waals surface area contributed by atoms with Crippen LogP contribution < -0.4 is 10.6 Å². The molecule has 1 unspecified atom stereocenters. The minimum absolute atomic E-state index is 0.0220. The fourth-order valence-electron chi connectivity index (χ4n) is 3.92. The number of hydrogen-bond donors (Lipinski definition) is 4. The highest BCUT2D eigenvalue weighted by molar-refractivity contribution is 5.88. The Labute approximate surface area is 171 Å². The average molecular weight is 393 g/mol. The largest absolute Gasteiger partial charge is 0.478 e. The number of aliphatic hydroxyl groups is 1. The Morgan fingerprint density at radius 3 is 2.59 bits per heavy atom. The normalized spacial score (nSPS) is 16.6. The maximum atomic E-state index is 11.3. The van der Waals surface area contributed by atoms with E-state index >= 15 is 0 Å². The van der Waals surface area contributed by atoms with Crippen LogP contribution in [0.15, 0.2) is 48.5 Å². The van der Waals surface area contributed by atoms with E-state index in [1.807, 2.05) is 30.3 Å². The van der Waals surface area contributed by atoms with Crippen LogP contribution in [0.3, 0.4) is 0 Å². The van der Waals surface area contributed by atoms with Gasteiger partial charge in [-0.15, -0.1) is 0 Å². The molecule has 4 N–H and O–H groups in total. The zero-order valence-electron chi connectivity index (χ0n) is 16.4. The molecule has 6 nitrogen and oxygen atoms in total. The fraction of sp³-hybridized carbons (Fsp3) is 0.391. The van der Waals surface area contributed by atoms with E-state index in [9.17, 15) is 15.0 Å². The van der Waals surface area contributed by atoms with Crippen LogP contribution in [0.5, 0.6) is 0 Å². The lowest BCUT2D eigenvalue weighted by Crippen LogP contribution is -2.49. The highest BCUT2D eigenvalue weighted by Gasteiger charge is 2.37. The first-order valence-electron chi connectivity index (χ1n) is 9.99. The first-order valence-corrected chi connectivity index (χ1v) is 9.99. The summed E-state index contributed by atoms with van der Waals surface area (Å²) >= 11 is 0. The van der Waals surface area contributed by atoms with E-state index in [0.717, 1.165) is 37.2 Å². The standard InChI is InChI=1S/C23H27N3O3/c24-15-18-6-4-17(5-7-18)8-9-20(23(29)10-12-25-13-11-23)16-26-21-3-1-2-19(14-21)22(27)28/h1-7,14,20,25-26,29H,8-13,16H2,(H,27,28). The molecule has 0 spiro atoms. The molecule has 152 valence electrons. The molecule has 6 heteroatoms. The second kappa shape index (κ2) is 9.55. The molecule has 1 heterocycles. The molecular formula is C23H27N3O3. The molecule has 3 rings (SSSR count). The number of anilines is 1. The van der Waals surface area contributed by atoms with E-state index in [4.69, 9.17) is 5.26 Å². The molecule has 29 heavy (non-hydrogen) atoms. The predicted octanol–water partition coefficient (Wildman–Crippen LogP) is 3.03. The van der Waals surface area contributed by atoms with Gasteiger partial charge in [-0.3, -0.25) is 0 Å². The molecule has 2 aromatic carbocycles. The molecule has 1 saturated heterocycles. The molecular weight excluding hydrogens is 366 g/mol. The van der Waals surface area contributed by atoms with Crippen molar-refractivity contribution < 1.29 is 15.0 Å². The van der Waals surface area contributed by atoms with Crippen LogP contribution in [0.25, 0.3) is 0 Å². The Kier molecular flexibility index (Phi) is 6.86. The van der Waals surface area contributed by atoms with E-state index < -0.39 is 11.6 Å². The van der Waals surface area contributed by atoms with Crippen molar-refractivity contribution in [1.82, 2.24) is 5.32 Å². The molecule has 1 aliphatic heterocycles. The van der Waals surface area contributed by atoms with Gasteiger partial charge in [0.25, 0.3) is 0 Å². The second-order valence-electron chi connectivity index (χ2n) is 7.66. The summed E-state index contributed by atoms with van der Waals surface area (Å²) in [5.41, 5.74) is 2.01. The van der Waals surface area contributed by atoms with Crippen LogP contribution in [0.1, 0.15) is 40.7 Å². The number of nitrogens with zero attached hydrogens (tertiary/aromatic N) is 1. The summed E-state index contributed by atoms with van der Waals surface area (Å²) in [5.74, 6) is -0.934. The van der Waals surface area contributed by atoms with Gasteiger partial charge in [0.05, 0.1) is 22.8 Å². The first kappa shape index (κ1) is 20.8. The Hall–Kier alpha value is -2.88. The second-order valence-corrected chi connectivity index (χ2v) is 7.66. The smallest absolute Gasteiger partial charge is 0.335 e. The molecule has 0 aromatic heterocycles. The van der Waals surface area contributed by atoms with Gasteiger partial charge in [0.15, 0.2) is 0 Å². The molecule has 0 bridgehead atoms. The summed E-state index contributed by atoms with van der Waals surface area (Å²) in [7, 11) is 0. The highest BCUT2D eigenvalue weighted by atomic mass is 16.4. The summed E-state index contributed by atoms with van der Waals surface area (Å²) in [6.45, 7) is 2.15. The number of rotatable bonds is 8. The van der Waals surface area contributed by atoms with E-state index in [1.165, 1.54) is 0 Å². The number of nitriles is 1. The van der Waals surface area contributed by atoms with Gasteiger partial charge >= 0.3 is 5.97 Å². The summed E-state index contributed by atoms with van der Waals surface area (Å²) in [6.07, 6.45) is 3.00. The van der Waals surface area contributed by atoms with E-state index in [0.29, 0.717) is 24.9 Å². The number of benzene rings is 2. The maximum absolute atomic E-state index is 11.3. The highest BCUT2D eigenvalue weighted by Crippen LogP contribution is 2.31. The van der Waals surface area contributed by atoms with E-state index in [-0.39, 0.29) is 11.5 Å². The number of carbonyl (C=O) groups is 1. The van der Waals surface area contributed by atoms with Crippen LogP contribution in [-0.4, -0.2) is 41.4 Å². The number of carboxylic acid groups (broad SMARTS) is 1. The van der Waals surface area contributed by atoms with Gasteiger partial charge in [-0.1, -0.05) is 18.2 Å². The number of piperidine rings is 1. The lowest BCUT2D eigenvalue weighted by Gasteiger charge is -2.40. The lowest BCUT2D eigenvalue weighted by molar-refractivity contribution is -0.0418. The number of nitrogens with one attached hydrogen (secondary N) is 2. The molecule has 1 atom stereocenters. The number of aryl methyl sites for hydroxylation is 1. The first-order chi connectivity index (χ1) is 14.0. The topological polar surface area (TPSA) is 105 Å². The minimum atomic E-state index is -0.956. The zero-order chi connectivity index (χ0) is 20.7. The van der Waals surface area contributed by atoms with Crippen LogP contribution in [0.4, 0.5) is 5.69 Å². The van der Waals surface area contributed by atoms with Gasteiger partial charge in [-0.2, -0.15) is 5.26 Å². The van der Waals surface area contributed by atoms with E-state index in [2.05, 4.69) is 16.7 Å². The molecule has 0 aliphatic carbocycles. The molecule has 1 fully saturated rings. The van der Waals surface area contributed by atoms with Crippen LogP contribution in [0.2, 0.25) is 0 Å². The van der Waals surface area contributed by atoms with Crippen LogP contribution in [-0.2, 0) is 6.42 Å². The van der Waals surface area contributed by atoms with Gasteiger partial charge in [-0.05, 0) is 74.7 Å². The Morgan fingerprint density at radius 1 is 1.21 bits per heavy atom. The Balaban J connectivity index is 1.69. The molecule has 0 amide bonds. The number of carboxylic acids is 1. The summed E-state index contributed by atoms with van der Waals surface area (Å²) in [4.78, 5) is 11.2. The Morgan fingerprint density at radius 2 is 1.93 bits per heavy atom. The zero-order valence-corrected chi connectivity index (χ0v) is 16.4. The van der Waals surface area contributed by atoms with Gasteiger partial charge < -0.3 is 20.8 Å². The van der Waals surface area contributed by atoms with Gasteiger partial charge in [-0.25, -0.2) is 4.79 Å². The number of aromatic carboxylic acids is 1. The fourth-order valence-corrected chi connectivity index (χ4v) is 3.92. The Bertz CT molecular complexity index is 868. The van der Waals surface area contributed by atoms with Crippen molar-refractivity contribution in [3.63, 3.8) is 0 Å². The van der Waals surface area contributed by atoms with Crippen molar-refractivity contribution in [2.45, 2.75) is 31.3 Å². The van der Waals surface area contributed by atoms with Crippen molar-refractivity contribution in [1.29, 1.82) is 5.26 Å². The average Bonchev–Trinajstić information content (AvgIpc) is 2.74. The van der Waals surface area contributed by atoms with Gasteiger partial charge in [0.1, 0.15) is 0 Å². The van der Waals surface area contributed by atoms with Crippen molar-refractivity contribution >= 4 is 11.7 Å². The van der Waals surface area contributed by atoms with Crippen molar-refractivity contribution in [2.75, 3.05) is 25.0 Å². The summed E-state index contributed by atoms with van der Waals surface area (Å²) < 4.78 is 0. The summed E-state index contributed by atoms with van der Waals surface area (Å²) in [6, 6.07) is 16.4. The monoisotopic (exact) mass is 393 g/mol. The van der Waals surface area contributed by atoms with Crippen molar-refractivity contribution in [3.8, 4) is 6.07 Å². The van der Waals surface area contributed by atoms with E-state index in [1.54, 1.807) is 18.2 Å². The van der Waals surface area contributed by atoms with Crippen molar-refractivity contribution in [2.24, 2.45) is 5.92 Å². The maximum Gasteiger partial charge on any atom is 0.335 e. The number of hydrogen-bond acceptors (Lipinski definition) is 5. The quantitative estimate of drug-likeness (QED) is 0.549. The molecule has 0 radical (unpaired) electrons. The molecule has 0 saturated carbocycles. The van der Waals surface area contributed by atoms with Gasteiger partial charge in [0, 0.05) is 18.2 Å². The predicted molar refractivity (Wildman–Crippen MR) is 112 cm³/mol. The minimum Gasteiger partial charge on any atom is -0.478 e. The van der Waals surface area contributed by atoms with Crippen LogP contribution in [0, 0.1) is 17.2 Å². The summed E-state index contributed by atoms with van der Waals surface area (Å²) in [5, 5.41) is 36.1. The molecule has 1 aliphatic rings. The third-order valence-electron chi connectivity index (χ3n) is 5.76. The molecule has 2 aromatic rings. The van der Waals surface area contributed by atoms with Crippen LogP contribution >= 0.6 is 0 Å².